The van der Waals surface area contributed by atoms with Gasteiger partial charge in [0.25, 0.3) is 0 Å². The molecule has 1 atom stereocenters. The largest absolute Gasteiger partial charge is 0.356 e. The van der Waals surface area contributed by atoms with Crippen LogP contribution in [0.15, 0.2) is 83.3 Å². The maximum atomic E-state index is 12.2. The summed E-state index contributed by atoms with van der Waals surface area (Å²) in [6, 6.07) is 16.4. The maximum Gasteiger partial charge on any atom is 0.176 e. The molecule has 1 unspecified atom stereocenters. The molecule has 0 amide bonds. The third kappa shape index (κ3) is 6.69. The number of Topliss-reactive ketones (excluding diaryl/α,β-unsaturated/α-hetero) is 1. The second kappa shape index (κ2) is 13.0. The van der Waals surface area contributed by atoms with Gasteiger partial charge in [-0.2, -0.15) is 0 Å². The Morgan fingerprint density at radius 1 is 1.22 bits per heavy atom. The van der Waals surface area contributed by atoms with Crippen molar-refractivity contribution in [2.24, 2.45) is 4.99 Å². The Kier molecular flexibility index (Phi) is 10.5. The first-order valence-electron chi connectivity index (χ1n) is 10.8. The fourth-order valence-electron chi connectivity index (χ4n) is 3.15. The lowest BCUT2D eigenvalue weighted by atomic mass is 10.1. The van der Waals surface area contributed by atoms with Gasteiger partial charge in [-0.1, -0.05) is 69.1 Å². The molecule has 0 aliphatic carbocycles. The average Bonchev–Trinajstić information content (AvgIpc) is 3.17. The number of aromatic nitrogens is 1. The van der Waals surface area contributed by atoms with Gasteiger partial charge in [0.15, 0.2) is 5.78 Å². The summed E-state index contributed by atoms with van der Waals surface area (Å²) in [4.78, 5) is 17.9. The topological polar surface area (TPSA) is 45.9 Å². The zero-order chi connectivity index (χ0) is 23.5. The summed E-state index contributed by atoms with van der Waals surface area (Å²) in [7, 11) is -0.502. The molecule has 0 aliphatic rings. The van der Waals surface area contributed by atoms with Crippen LogP contribution in [0.1, 0.15) is 50.2 Å². The monoisotopic (exact) mass is 465 g/mol. The van der Waals surface area contributed by atoms with Gasteiger partial charge in [-0.25, -0.2) is 0 Å². The van der Waals surface area contributed by atoms with Gasteiger partial charge in [-0.3, -0.25) is 9.79 Å². The molecule has 3 aromatic rings. The van der Waals surface area contributed by atoms with Gasteiger partial charge in [-0.15, -0.1) is 0 Å². The highest BCUT2D eigenvalue weighted by atomic mass is 32.7. The summed E-state index contributed by atoms with van der Waals surface area (Å²) >= 11 is 1.80. The predicted molar refractivity (Wildman–Crippen MR) is 144 cm³/mol. The molecule has 6 heteroatoms. The molecule has 2 heterocycles. The predicted octanol–water partition coefficient (Wildman–Crippen LogP) is 8.32. The Labute approximate surface area is 197 Å². The number of hydrogen-bond donors (Lipinski definition) is 1. The lowest BCUT2D eigenvalue weighted by Gasteiger charge is -2.15. The summed E-state index contributed by atoms with van der Waals surface area (Å²) in [5.74, 6) is 0.0312. The molecular weight excluding hydrogens is 433 g/mol. The molecule has 0 fully saturated rings. The number of allylic oxidation sites excluding steroid dienone is 2. The SMILES string of the molecule is C=CC=N/C(=C\CC)c1cc(C(C)=O)n2ccc(SP(C)Nc3ccccc3)cc12.CC. The molecular formula is C26H32N3OPS. The molecule has 0 radical (unpaired) electrons. The van der Waals surface area contributed by atoms with Crippen molar-refractivity contribution >= 4 is 47.6 Å². The van der Waals surface area contributed by atoms with Crippen LogP contribution in [-0.2, 0) is 0 Å². The van der Waals surface area contributed by atoms with E-state index in [1.165, 1.54) is 0 Å². The van der Waals surface area contributed by atoms with Gasteiger partial charge in [-0.05, 0) is 43.4 Å². The second-order valence-corrected chi connectivity index (χ2v) is 10.8. The van der Waals surface area contributed by atoms with Crippen molar-refractivity contribution < 1.29 is 4.79 Å². The number of fused-ring (bicyclic) bond motifs is 1. The fraction of sp³-hybridized carbons (Fsp3) is 0.231. The number of ketones is 1. The minimum atomic E-state index is -0.502. The zero-order valence-electron chi connectivity index (χ0n) is 19.5. The van der Waals surface area contributed by atoms with Crippen molar-refractivity contribution in [2.45, 2.75) is 39.0 Å². The van der Waals surface area contributed by atoms with Crippen LogP contribution >= 0.6 is 18.7 Å². The van der Waals surface area contributed by atoms with Crippen molar-refractivity contribution in [1.82, 2.24) is 4.40 Å². The van der Waals surface area contributed by atoms with Crippen molar-refractivity contribution in [3.63, 3.8) is 0 Å². The second-order valence-electron chi connectivity index (χ2n) is 6.70. The highest BCUT2D eigenvalue weighted by Crippen LogP contribution is 2.50. The van der Waals surface area contributed by atoms with Crippen LogP contribution in [0.3, 0.4) is 0 Å². The molecule has 3 rings (SSSR count). The van der Waals surface area contributed by atoms with Gasteiger partial charge < -0.3 is 9.49 Å². The maximum absolute atomic E-state index is 12.2. The van der Waals surface area contributed by atoms with Crippen LogP contribution in [0.2, 0.25) is 0 Å². The number of para-hydroxylation sites is 1. The van der Waals surface area contributed by atoms with Crippen LogP contribution in [0.5, 0.6) is 0 Å². The Hall–Kier alpha value is -2.62. The first kappa shape index (κ1) is 25.6. The molecule has 32 heavy (non-hydrogen) atoms. The molecule has 2 aromatic heterocycles. The third-order valence-electron chi connectivity index (χ3n) is 4.40. The molecule has 168 valence electrons. The Balaban J connectivity index is 0.00000176. The minimum absolute atomic E-state index is 0.0312. The van der Waals surface area contributed by atoms with Crippen molar-refractivity contribution in [2.75, 3.05) is 11.8 Å². The van der Waals surface area contributed by atoms with Crippen LogP contribution in [0.25, 0.3) is 11.2 Å². The standard InChI is InChI=1S/C24H26N3OPS.C2H6/c1-5-10-22(25-14-6-2)21-17-23(18(3)28)27-15-13-20(16-24(21)27)30-29(4)26-19-11-8-7-9-12-19;1-2/h6-17,26H,2,5H2,1,3-4H3;1-2H3/b22-10-,25-14?;. The van der Waals surface area contributed by atoms with Gasteiger partial charge in [0.1, 0.15) is 0 Å². The minimum Gasteiger partial charge on any atom is -0.356 e. The van der Waals surface area contributed by atoms with Crippen LogP contribution in [0, 0.1) is 0 Å². The quantitative estimate of drug-likeness (QED) is 0.196. The van der Waals surface area contributed by atoms with E-state index in [0.29, 0.717) is 5.69 Å². The normalized spacial score (nSPS) is 12.3. The number of hydrogen-bond acceptors (Lipinski definition) is 4. The summed E-state index contributed by atoms with van der Waals surface area (Å²) in [5.41, 5.74) is 4.57. The molecule has 4 nitrogen and oxygen atoms in total. The highest BCUT2D eigenvalue weighted by Gasteiger charge is 2.16. The van der Waals surface area contributed by atoms with Crippen molar-refractivity contribution in [3.8, 4) is 0 Å². The summed E-state index contributed by atoms with van der Waals surface area (Å²) in [6.07, 6.45) is 8.25. The number of rotatable bonds is 9. The first-order valence-corrected chi connectivity index (χ1v) is 14.0. The number of carbonyl (C=O) groups excluding carboxylic acids is 1. The number of nitrogens with zero attached hydrogens (tertiary/aromatic N) is 2. The number of carbonyl (C=O) groups is 1. The molecule has 0 bridgehead atoms. The molecule has 0 saturated heterocycles. The molecule has 0 aliphatic heterocycles. The smallest absolute Gasteiger partial charge is 0.176 e. The highest BCUT2D eigenvalue weighted by molar-refractivity contribution is 8.56. The van der Waals surface area contributed by atoms with E-state index in [1.54, 1.807) is 30.6 Å². The zero-order valence-corrected chi connectivity index (χ0v) is 21.2. The fourth-order valence-corrected chi connectivity index (χ4v) is 6.05. The molecule has 1 N–H and O–H groups in total. The molecule has 0 saturated carbocycles. The summed E-state index contributed by atoms with van der Waals surface area (Å²) < 4.78 is 1.96. The average molecular weight is 466 g/mol. The molecule has 1 aromatic carbocycles. The van der Waals surface area contributed by atoms with Crippen LogP contribution in [0.4, 0.5) is 5.69 Å². The van der Waals surface area contributed by atoms with E-state index in [4.69, 9.17) is 0 Å². The third-order valence-corrected chi connectivity index (χ3v) is 7.44. The van der Waals surface area contributed by atoms with Crippen LogP contribution in [-0.4, -0.2) is 23.1 Å². The number of pyridine rings is 1. The molecule has 0 spiro atoms. The van der Waals surface area contributed by atoms with Gasteiger partial charge in [0.05, 0.1) is 24.2 Å². The van der Waals surface area contributed by atoms with Gasteiger partial charge in [0, 0.05) is 35.5 Å². The van der Waals surface area contributed by atoms with E-state index >= 15 is 0 Å². The van der Waals surface area contributed by atoms with E-state index in [-0.39, 0.29) is 5.78 Å². The van der Waals surface area contributed by atoms with Crippen molar-refractivity contribution in [1.29, 1.82) is 0 Å². The number of aliphatic imine (C=N–C) groups is 1. The first-order chi connectivity index (χ1) is 15.5. The number of anilines is 1. The van der Waals surface area contributed by atoms with E-state index in [2.05, 4.69) is 60.6 Å². The summed E-state index contributed by atoms with van der Waals surface area (Å²) in [6.45, 7) is 13.6. The Morgan fingerprint density at radius 2 is 1.94 bits per heavy atom. The lowest BCUT2D eigenvalue weighted by Crippen LogP contribution is -1.97. The van der Waals surface area contributed by atoms with Crippen molar-refractivity contribution in [3.05, 3.63) is 84.7 Å². The van der Waals surface area contributed by atoms with Crippen LogP contribution < -0.4 is 5.09 Å². The van der Waals surface area contributed by atoms with Gasteiger partial charge >= 0.3 is 0 Å². The van der Waals surface area contributed by atoms with E-state index in [1.807, 2.05) is 48.7 Å². The lowest BCUT2D eigenvalue weighted by molar-refractivity contribution is 0.101. The Morgan fingerprint density at radius 3 is 2.56 bits per heavy atom. The number of benzene rings is 1. The van der Waals surface area contributed by atoms with E-state index < -0.39 is 7.27 Å². The Bertz CT molecular complexity index is 1100. The van der Waals surface area contributed by atoms with E-state index in [9.17, 15) is 4.79 Å². The summed E-state index contributed by atoms with van der Waals surface area (Å²) in [5, 5.41) is 3.57. The van der Waals surface area contributed by atoms with Gasteiger partial charge in [0.2, 0.25) is 0 Å². The number of nitrogens with one attached hydrogen (secondary N) is 1. The van der Waals surface area contributed by atoms with E-state index in [0.717, 1.165) is 33.8 Å².